The number of carbonyl (C=O) groups is 1. The largest absolute Gasteiger partial charge is 0.394 e. The highest BCUT2D eigenvalue weighted by molar-refractivity contribution is 5.76. The van der Waals surface area contributed by atoms with E-state index in [0.29, 0.717) is 6.42 Å². The predicted molar refractivity (Wildman–Crippen MR) is 286 cm³/mol. The molecule has 0 spiro atoms. The van der Waals surface area contributed by atoms with E-state index in [-0.39, 0.29) is 12.5 Å². The fourth-order valence-corrected chi connectivity index (χ4v) is 8.85. The number of allylic oxidation sites excluding steroid dienone is 9. The van der Waals surface area contributed by atoms with Crippen molar-refractivity contribution in [2.75, 3.05) is 13.2 Å². The number of nitrogens with one attached hydrogen (secondary N) is 1. The van der Waals surface area contributed by atoms with Crippen LogP contribution in [0.25, 0.3) is 0 Å². The minimum absolute atomic E-state index is 0.181. The van der Waals surface area contributed by atoms with Gasteiger partial charge in [0.1, 0.15) is 24.4 Å². The fourth-order valence-electron chi connectivity index (χ4n) is 8.85. The number of aliphatic hydroxyl groups excluding tert-OH is 5. The van der Waals surface area contributed by atoms with Crippen molar-refractivity contribution in [2.45, 2.75) is 294 Å². The molecule has 1 aliphatic rings. The van der Waals surface area contributed by atoms with Gasteiger partial charge in [-0.3, -0.25) is 4.79 Å². The van der Waals surface area contributed by atoms with Gasteiger partial charge in [-0.1, -0.05) is 248 Å². The van der Waals surface area contributed by atoms with Gasteiger partial charge in [0, 0.05) is 6.42 Å². The Kier molecular flexibility index (Phi) is 45.6. The zero-order valence-electron chi connectivity index (χ0n) is 43.9. The van der Waals surface area contributed by atoms with E-state index in [4.69, 9.17) is 9.47 Å². The van der Waals surface area contributed by atoms with Crippen LogP contribution in [-0.4, -0.2) is 87.5 Å². The van der Waals surface area contributed by atoms with E-state index < -0.39 is 49.5 Å². The summed E-state index contributed by atoms with van der Waals surface area (Å²) in [7, 11) is 0. The number of aliphatic hydroxyl groups is 5. The lowest BCUT2D eigenvalue weighted by Crippen LogP contribution is -2.60. The monoisotopic (exact) mass is 958 g/mol. The Labute approximate surface area is 417 Å². The molecule has 0 aromatic heterocycles. The van der Waals surface area contributed by atoms with Gasteiger partial charge in [-0.25, -0.2) is 0 Å². The molecule has 396 valence electrons. The van der Waals surface area contributed by atoms with Crippen molar-refractivity contribution in [2.24, 2.45) is 0 Å². The van der Waals surface area contributed by atoms with Gasteiger partial charge >= 0.3 is 0 Å². The number of unbranched alkanes of at least 4 members (excludes halogenated alkanes) is 30. The Morgan fingerprint density at radius 2 is 0.912 bits per heavy atom. The summed E-state index contributed by atoms with van der Waals surface area (Å²) < 4.78 is 11.3. The van der Waals surface area contributed by atoms with Gasteiger partial charge < -0.3 is 40.3 Å². The van der Waals surface area contributed by atoms with Crippen molar-refractivity contribution in [3.05, 3.63) is 60.8 Å². The number of rotatable bonds is 48. The third-order valence-electron chi connectivity index (χ3n) is 13.3. The molecule has 0 radical (unpaired) electrons. The molecule has 1 rings (SSSR count). The SMILES string of the molecule is CC/C=C\C/C=C\C/C=C\C/C=C\CCCCCCCCCCCCC(=O)NC(COC1OC(CO)C(O)C(O)C1O)C(O)/C=C/CCCCCCCCCCCCCCCCCCCCCC. The molecule has 0 saturated carbocycles. The van der Waals surface area contributed by atoms with Crippen LogP contribution in [0.2, 0.25) is 0 Å². The Balaban J connectivity index is 2.25. The Morgan fingerprint density at radius 1 is 0.515 bits per heavy atom. The van der Waals surface area contributed by atoms with Crippen LogP contribution >= 0.6 is 0 Å². The molecular weight excluding hydrogens is 851 g/mol. The maximum absolute atomic E-state index is 13.1. The van der Waals surface area contributed by atoms with E-state index in [9.17, 15) is 30.3 Å². The number of carbonyl (C=O) groups excluding carboxylic acids is 1. The molecule has 0 aliphatic carbocycles. The molecule has 68 heavy (non-hydrogen) atoms. The minimum Gasteiger partial charge on any atom is -0.394 e. The second kappa shape index (κ2) is 48.5. The topological polar surface area (TPSA) is 149 Å². The lowest BCUT2D eigenvalue weighted by molar-refractivity contribution is -0.302. The van der Waals surface area contributed by atoms with Crippen LogP contribution in [0, 0.1) is 0 Å². The standard InChI is InChI=1S/C59H107NO8/c1-3-5-7-9-11-13-15-17-19-21-23-25-27-29-31-33-35-37-39-41-43-45-47-49-55(63)60-52(51-67-59-58(66)57(65)56(64)54(50-61)68-59)53(62)48-46-44-42-40-38-36-34-32-30-28-26-24-22-20-18-16-14-12-10-8-6-4-2/h5,7,11,13,17,19,23,25,46,48,52-54,56-59,61-62,64-66H,3-4,6,8-10,12,14-16,18,20-22,24,26-45,47,49-51H2,1-2H3,(H,60,63)/b7-5-,13-11-,19-17-,25-23-,48-46+. The molecule has 7 unspecified atom stereocenters. The smallest absolute Gasteiger partial charge is 0.220 e. The van der Waals surface area contributed by atoms with Crippen molar-refractivity contribution in [1.82, 2.24) is 5.32 Å². The molecule has 1 saturated heterocycles. The first-order valence-corrected chi connectivity index (χ1v) is 28.5. The third kappa shape index (κ3) is 37.7. The summed E-state index contributed by atoms with van der Waals surface area (Å²) in [5.41, 5.74) is 0. The third-order valence-corrected chi connectivity index (χ3v) is 13.3. The number of amides is 1. The highest BCUT2D eigenvalue weighted by Crippen LogP contribution is 2.23. The second-order valence-electron chi connectivity index (χ2n) is 19.7. The van der Waals surface area contributed by atoms with Crippen LogP contribution in [0.4, 0.5) is 0 Å². The zero-order valence-corrected chi connectivity index (χ0v) is 43.9. The summed E-state index contributed by atoms with van der Waals surface area (Å²) in [5.74, 6) is -0.181. The Bertz CT molecular complexity index is 1250. The van der Waals surface area contributed by atoms with Crippen molar-refractivity contribution in [1.29, 1.82) is 0 Å². The van der Waals surface area contributed by atoms with E-state index in [1.807, 2.05) is 6.08 Å². The molecule has 1 aliphatic heterocycles. The van der Waals surface area contributed by atoms with Gasteiger partial charge in [0.15, 0.2) is 6.29 Å². The first kappa shape index (κ1) is 63.9. The summed E-state index contributed by atoms with van der Waals surface area (Å²) in [6.45, 7) is 3.68. The fraction of sp³-hybridized carbons (Fsp3) is 0.814. The molecule has 0 aromatic rings. The van der Waals surface area contributed by atoms with Gasteiger partial charge in [0.05, 0.1) is 25.4 Å². The highest BCUT2D eigenvalue weighted by atomic mass is 16.7. The van der Waals surface area contributed by atoms with Crippen LogP contribution in [0.5, 0.6) is 0 Å². The molecule has 1 amide bonds. The van der Waals surface area contributed by atoms with Gasteiger partial charge in [0.25, 0.3) is 0 Å². The Hall–Kier alpha value is -2.11. The highest BCUT2D eigenvalue weighted by Gasteiger charge is 2.44. The van der Waals surface area contributed by atoms with Gasteiger partial charge in [-0.05, 0) is 57.8 Å². The molecule has 7 atom stereocenters. The van der Waals surface area contributed by atoms with E-state index in [1.165, 1.54) is 161 Å². The molecular formula is C59H107NO8. The normalized spacial score (nSPS) is 20.0. The van der Waals surface area contributed by atoms with Gasteiger partial charge in [0.2, 0.25) is 5.91 Å². The van der Waals surface area contributed by atoms with Crippen molar-refractivity contribution in [3.63, 3.8) is 0 Å². The summed E-state index contributed by atoms with van der Waals surface area (Å²) in [6, 6.07) is -0.810. The van der Waals surface area contributed by atoms with Crippen LogP contribution < -0.4 is 5.32 Å². The lowest BCUT2D eigenvalue weighted by Gasteiger charge is -2.40. The molecule has 0 bridgehead atoms. The molecule has 0 aromatic carbocycles. The lowest BCUT2D eigenvalue weighted by atomic mass is 9.99. The summed E-state index contributed by atoms with van der Waals surface area (Å²) >= 11 is 0. The van der Waals surface area contributed by atoms with Crippen LogP contribution in [-0.2, 0) is 14.3 Å². The van der Waals surface area contributed by atoms with E-state index in [1.54, 1.807) is 6.08 Å². The van der Waals surface area contributed by atoms with Gasteiger partial charge in [-0.15, -0.1) is 0 Å². The molecule has 6 N–H and O–H groups in total. The molecule has 1 fully saturated rings. The van der Waals surface area contributed by atoms with E-state index in [0.717, 1.165) is 70.6 Å². The van der Waals surface area contributed by atoms with Crippen LogP contribution in [0.15, 0.2) is 60.8 Å². The first-order valence-electron chi connectivity index (χ1n) is 28.5. The summed E-state index contributed by atoms with van der Waals surface area (Å²) in [6.07, 6.45) is 58.5. The van der Waals surface area contributed by atoms with Gasteiger partial charge in [-0.2, -0.15) is 0 Å². The quantitative estimate of drug-likeness (QED) is 0.0261. The van der Waals surface area contributed by atoms with Crippen LogP contribution in [0.3, 0.4) is 0 Å². The van der Waals surface area contributed by atoms with E-state index in [2.05, 4.69) is 67.8 Å². The second-order valence-corrected chi connectivity index (χ2v) is 19.7. The summed E-state index contributed by atoms with van der Waals surface area (Å²) in [4.78, 5) is 13.1. The van der Waals surface area contributed by atoms with Crippen molar-refractivity contribution < 1.29 is 39.8 Å². The molecule has 1 heterocycles. The number of hydrogen-bond acceptors (Lipinski definition) is 8. The average Bonchev–Trinajstić information content (AvgIpc) is 3.34. The van der Waals surface area contributed by atoms with Crippen molar-refractivity contribution in [3.8, 4) is 0 Å². The first-order chi connectivity index (χ1) is 33.3. The van der Waals surface area contributed by atoms with E-state index >= 15 is 0 Å². The zero-order chi connectivity index (χ0) is 49.4. The Morgan fingerprint density at radius 3 is 1.35 bits per heavy atom. The predicted octanol–water partition coefficient (Wildman–Crippen LogP) is 13.9. The molecule has 9 nitrogen and oxygen atoms in total. The van der Waals surface area contributed by atoms with Crippen molar-refractivity contribution >= 4 is 5.91 Å². The summed E-state index contributed by atoms with van der Waals surface area (Å²) in [5, 5.41) is 54.5. The average molecular weight is 959 g/mol. The number of hydrogen-bond donors (Lipinski definition) is 6. The molecule has 9 heteroatoms. The number of ether oxygens (including phenoxy) is 2. The van der Waals surface area contributed by atoms with Crippen LogP contribution in [0.1, 0.15) is 251 Å². The maximum atomic E-state index is 13.1. The maximum Gasteiger partial charge on any atom is 0.220 e. The minimum atomic E-state index is -1.57.